The second kappa shape index (κ2) is 12.4. The average Bonchev–Trinajstić information content (AvgIpc) is 3.00. The smallest absolute Gasteiger partial charge is 0.213 e. The molecule has 39 heavy (non-hydrogen) atoms. The monoisotopic (exact) mass is 520 g/mol. The van der Waals surface area contributed by atoms with E-state index in [1.165, 1.54) is 11.1 Å². The molecule has 200 valence electrons. The lowest BCUT2D eigenvalue weighted by molar-refractivity contribution is 0.291. The molecule has 2 aliphatic rings. The maximum absolute atomic E-state index is 5.97. The van der Waals surface area contributed by atoms with Crippen LogP contribution in [0.5, 0.6) is 11.8 Å². The number of nitrogens with one attached hydrogen (secondary N) is 2. The van der Waals surface area contributed by atoms with E-state index in [9.17, 15) is 0 Å². The highest BCUT2D eigenvalue weighted by Crippen LogP contribution is 2.32. The summed E-state index contributed by atoms with van der Waals surface area (Å²) in [5.74, 6) is 1.41. The van der Waals surface area contributed by atoms with Gasteiger partial charge in [0.1, 0.15) is 13.2 Å². The fourth-order valence-corrected chi connectivity index (χ4v) is 5.63. The molecule has 0 saturated heterocycles. The summed E-state index contributed by atoms with van der Waals surface area (Å²) in [5.41, 5.74) is 7.19. The van der Waals surface area contributed by atoms with Crippen molar-refractivity contribution in [2.75, 3.05) is 6.67 Å². The number of rotatable bonds is 10. The maximum atomic E-state index is 5.97. The third-order valence-corrected chi connectivity index (χ3v) is 7.69. The predicted octanol–water partition coefficient (Wildman–Crippen LogP) is 6.23. The van der Waals surface area contributed by atoms with Crippen LogP contribution in [0.2, 0.25) is 0 Å². The van der Waals surface area contributed by atoms with Gasteiger partial charge < -0.3 is 9.47 Å². The number of benzene rings is 2. The van der Waals surface area contributed by atoms with Gasteiger partial charge in [0.25, 0.3) is 0 Å². The normalized spacial score (nSPS) is 18.2. The van der Waals surface area contributed by atoms with Gasteiger partial charge in [0, 0.05) is 42.3 Å². The molecule has 2 aromatic carbocycles. The average molecular weight is 521 g/mol. The lowest BCUT2D eigenvalue weighted by Crippen LogP contribution is -2.37. The van der Waals surface area contributed by atoms with Crippen LogP contribution in [0.1, 0.15) is 71.4 Å². The van der Waals surface area contributed by atoms with Crippen molar-refractivity contribution in [2.24, 2.45) is 0 Å². The van der Waals surface area contributed by atoms with Crippen molar-refractivity contribution < 1.29 is 9.47 Å². The van der Waals surface area contributed by atoms with Crippen molar-refractivity contribution in [1.29, 1.82) is 0 Å². The van der Waals surface area contributed by atoms with Crippen LogP contribution in [0, 0.1) is 0 Å². The van der Waals surface area contributed by atoms with Crippen LogP contribution in [-0.2, 0) is 26.1 Å². The SMILES string of the molecule is c1ccc(COc2ccc3c(n2)CCCC3NCNC2CCCc3nc(OCc4ccccc4)ccc32)cc1. The lowest BCUT2D eigenvalue weighted by atomic mass is 9.90. The Morgan fingerprint density at radius 3 is 1.51 bits per heavy atom. The van der Waals surface area contributed by atoms with Crippen LogP contribution < -0.4 is 20.1 Å². The minimum atomic E-state index is 0.298. The summed E-state index contributed by atoms with van der Waals surface area (Å²) >= 11 is 0. The zero-order valence-corrected chi connectivity index (χ0v) is 22.3. The van der Waals surface area contributed by atoms with Gasteiger partial charge in [-0.25, -0.2) is 9.97 Å². The molecule has 0 amide bonds. The topological polar surface area (TPSA) is 68.3 Å². The first-order valence-corrected chi connectivity index (χ1v) is 14.1. The van der Waals surface area contributed by atoms with Gasteiger partial charge >= 0.3 is 0 Å². The van der Waals surface area contributed by atoms with Crippen molar-refractivity contribution in [3.05, 3.63) is 119 Å². The first-order chi connectivity index (χ1) is 19.3. The Hall–Kier alpha value is -3.74. The van der Waals surface area contributed by atoms with E-state index in [0.29, 0.717) is 37.1 Å². The molecular formula is C33H36N4O2. The summed E-state index contributed by atoms with van der Waals surface area (Å²) in [6, 6.07) is 29.5. The standard InChI is InChI=1S/C33H36N4O2/c1-3-9-24(10-4-1)21-38-32-19-17-26-28(13-7-15-30(26)36-32)34-23-35-29-14-8-16-31-27(29)18-20-33(37-31)39-22-25-11-5-2-6-12-25/h1-6,9-12,17-20,28-29,34-35H,7-8,13-16,21-23H2. The minimum Gasteiger partial charge on any atom is -0.473 e. The number of ether oxygens (including phenoxy) is 2. The molecular weight excluding hydrogens is 484 g/mol. The highest BCUT2D eigenvalue weighted by atomic mass is 16.5. The first-order valence-electron chi connectivity index (χ1n) is 14.1. The molecule has 4 aromatic rings. The molecule has 2 unspecified atom stereocenters. The molecule has 2 atom stereocenters. The van der Waals surface area contributed by atoms with E-state index in [2.05, 4.69) is 47.0 Å². The third-order valence-electron chi connectivity index (χ3n) is 7.69. The van der Waals surface area contributed by atoms with Crippen molar-refractivity contribution in [1.82, 2.24) is 20.6 Å². The largest absolute Gasteiger partial charge is 0.473 e. The molecule has 6 heteroatoms. The van der Waals surface area contributed by atoms with E-state index in [1.54, 1.807) is 0 Å². The lowest BCUT2D eigenvalue weighted by Gasteiger charge is -2.29. The van der Waals surface area contributed by atoms with E-state index >= 15 is 0 Å². The van der Waals surface area contributed by atoms with Gasteiger partial charge in [-0.15, -0.1) is 0 Å². The van der Waals surface area contributed by atoms with Crippen LogP contribution in [-0.4, -0.2) is 16.6 Å². The molecule has 0 saturated carbocycles. The van der Waals surface area contributed by atoms with E-state index in [-0.39, 0.29) is 0 Å². The van der Waals surface area contributed by atoms with Gasteiger partial charge in [-0.2, -0.15) is 0 Å². The Morgan fingerprint density at radius 1 is 0.590 bits per heavy atom. The van der Waals surface area contributed by atoms with Gasteiger partial charge in [-0.1, -0.05) is 72.8 Å². The van der Waals surface area contributed by atoms with Crippen molar-refractivity contribution in [2.45, 2.75) is 63.8 Å². The number of pyridine rings is 2. The molecule has 6 nitrogen and oxygen atoms in total. The highest BCUT2D eigenvalue weighted by molar-refractivity contribution is 5.32. The van der Waals surface area contributed by atoms with Crippen LogP contribution in [0.4, 0.5) is 0 Å². The number of nitrogens with zero attached hydrogens (tertiary/aromatic N) is 2. The Morgan fingerprint density at radius 2 is 1.05 bits per heavy atom. The zero-order valence-electron chi connectivity index (χ0n) is 22.3. The molecule has 2 N–H and O–H groups in total. The number of fused-ring (bicyclic) bond motifs is 2. The van der Waals surface area contributed by atoms with E-state index in [4.69, 9.17) is 19.4 Å². The number of hydrogen-bond acceptors (Lipinski definition) is 6. The number of aromatic nitrogens is 2. The predicted molar refractivity (Wildman–Crippen MR) is 153 cm³/mol. The van der Waals surface area contributed by atoms with Crippen LogP contribution >= 0.6 is 0 Å². The molecule has 0 bridgehead atoms. The van der Waals surface area contributed by atoms with Crippen molar-refractivity contribution in [3.63, 3.8) is 0 Å². The van der Waals surface area contributed by atoms with E-state index < -0.39 is 0 Å². The summed E-state index contributed by atoms with van der Waals surface area (Å²) in [6.07, 6.45) is 6.49. The molecule has 0 aliphatic heterocycles. The molecule has 0 radical (unpaired) electrons. The van der Waals surface area contributed by atoms with Gasteiger partial charge in [0.2, 0.25) is 11.8 Å². The fourth-order valence-electron chi connectivity index (χ4n) is 5.63. The Kier molecular flexibility index (Phi) is 8.13. The summed E-state index contributed by atoms with van der Waals surface area (Å²) in [6.45, 7) is 1.82. The Balaban J connectivity index is 1.03. The molecule has 0 fully saturated rings. The van der Waals surface area contributed by atoms with Gasteiger partial charge in [0.15, 0.2) is 0 Å². The van der Waals surface area contributed by atoms with E-state index in [0.717, 1.165) is 67.7 Å². The minimum absolute atomic E-state index is 0.298. The van der Waals surface area contributed by atoms with Gasteiger partial charge in [-0.3, -0.25) is 10.6 Å². The molecule has 2 aromatic heterocycles. The van der Waals surface area contributed by atoms with Gasteiger partial charge in [0.05, 0.1) is 0 Å². The van der Waals surface area contributed by atoms with Crippen molar-refractivity contribution >= 4 is 0 Å². The summed E-state index contributed by atoms with van der Waals surface area (Å²) in [7, 11) is 0. The highest BCUT2D eigenvalue weighted by Gasteiger charge is 2.24. The quantitative estimate of drug-likeness (QED) is 0.242. The summed E-state index contributed by atoms with van der Waals surface area (Å²) in [4.78, 5) is 9.69. The zero-order chi connectivity index (χ0) is 26.3. The molecule has 0 spiro atoms. The van der Waals surface area contributed by atoms with Crippen molar-refractivity contribution in [3.8, 4) is 11.8 Å². The van der Waals surface area contributed by atoms with E-state index in [1.807, 2.05) is 48.5 Å². The molecule has 2 heterocycles. The number of hydrogen-bond donors (Lipinski definition) is 2. The second-order valence-electron chi connectivity index (χ2n) is 10.4. The molecule has 6 rings (SSSR count). The maximum Gasteiger partial charge on any atom is 0.213 e. The summed E-state index contributed by atoms with van der Waals surface area (Å²) < 4.78 is 11.9. The van der Waals surface area contributed by atoms with Crippen LogP contribution in [0.15, 0.2) is 84.9 Å². The number of aryl methyl sites for hydroxylation is 2. The molecule has 2 aliphatic carbocycles. The third kappa shape index (κ3) is 6.47. The van der Waals surface area contributed by atoms with Gasteiger partial charge in [-0.05, 0) is 60.8 Å². The fraction of sp³-hybridized carbons (Fsp3) is 0.333. The Bertz CT molecular complexity index is 1260. The second-order valence-corrected chi connectivity index (χ2v) is 10.4. The van der Waals surface area contributed by atoms with Crippen LogP contribution in [0.25, 0.3) is 0 Å². The first kappa shape index (κ1) is 25.5. The van der Waals surface area contributed by atoms with Crippen LogP contribution in [0.3, 0.4) is 0 Å². The summed E-state index contributed by atoms with van der Waals surface area (Å²) in [5, 5.41) is 7.49. The Labute approximate surface area is 230 Å².